The van der Waals surface area contributed by atoms with Gasteiger partial charge in [-0.3, -0.25) is 4.79 Å². The Hall–Kier alpha value is -0.393. The van der Waals surface area contributed by atoms with E-state index in [9.17, 15) is 4.79 Å². The lowest BCUT2D eigenvalue weighted by molar-refractivity contribution is 0.156. The molecule has 0 amide bonds. The Balaban J connectivity index is 4.48. The average molecular weight is 206 g/mol. The fourth-order valence-corrected chi connectivity index (χ4v) is 3.64. The summed E-state index contributed by atoms with van der Waals surface area (Å²) in [7, 11) is -2.96. The van der Waals surface area contributed by atoms with Gasteiger partial charge in [0.05, 0.1) is 0 Å². The van der Waals surface area contributed by atoms with E-state index in [4.69, 9.17) is 14.0 Å². The zero-order chi connectivity index (χ0) is 10.3. The first-order valence-electron chi connectivity index (χ1n) is 4.64. The molecule has 0 aromatic carbocycles. The maximum Gasteiger partial charge on any atom is 0.462 e. The zero-order valence-electron chi connectivity index (χ0n) is 8.50. The molecule has 4 nitrogen and oxygen atoms in total. The Morgan fingerprint density at radius 1 is 1.23 bits per heavy atom. The van der Waals surface area contributed by atoms with Crippen molar-refractivity contribution in [1.82, 2.24) is 0 Å². The lowest BCUT2D eigenvalue weighted by atomic mass is 10.6. The smallest absolute Gasteiger partial charge is 0.462 e. The van der Waals surface area contributed by atoms with Gasteiger partial charge in [-0.25, -0.2) is 0 Å². The molecule has 0 heterocycles. The first-order chi connectivity index (χ1) is 6.13. The Labute approximate surface area is 80.1 Å². The van der Waals surface area contributed by atoms with Crippen molar-refractivity contribution in [3.63, 3.8) is 0 Å². The Bertz CT molecular complexity index is 143. The van der Waals surface area contributed by atoms with Crippen molar-refractivity contribution in [1.29, 1.82) is 0 Å². The van der Waals surface area contributed by atoms with Gasteiger partial charge in [-0.2, -0.15) is 0 Å². The number of carbonyl (C=O) groups is 1. The van der Waals surface area contributed by atoms with Crippen LogP contribution in [0.3, 0.4) is 0 Å². The van der Waals surface area contributed by atoms with Crippen molar-refractivity contribution in [2.45, 2.75) is 33.2 Å². The number of rotatable bonds is 7. The summed E-state index contributed by atoms with van der Waals surface area (Å²) in [4.78, 5) is 11.0. The minimum Gasteiger partial charge on any atom is -0.481 e. The van der Waals surface area contributed by atoms with Gasteiger partial charge in [-0.1, -0.05) is 13.3 Å². The molecule has 0 aliphatic rings. The van der Waals surface area contributed by atoms with Crippen LogP contribution in [0.5, 0.6) is 0 Å². The SMILES string of the molecule is CCC[Si](OCC)(OCC)C(=O)O. The third kappa shape index (κ3) is 3.46. The van der Waals surface area contributed by atoms with Crippen molar-refractivity contribution in [3.8, 4) is 0 Å². The zero-order valence-corrected chi connectivity index (χ0v) is 9.50. The molecule has 78 valence electrons. The molecule has 0 aliphatic carbocycles. The molecule has 0 saturated carbocycles. The fourth-order valence-electron chi connectivity index (χ4n) is 1.21. The minimum absolute atomic E-state index is 0.401. The molecule has 0 aromatic heterocycles. The maximum atomic E-state index is 11.0. The lowest BCUT2D eigenvalue weighted by Gasteiger charge is -2.24. The number of hydrogen-bond donors (Lipinski definition) is 1. The van der Waals surface area contributed by atoms with E-state index < -0.39 is 14.2 Å². The molecule has 0 spiro atoms. The summed E-state index contributed by atoms with van der Waals surface area (Å²) in [6, 6.07) is 0.518. The van der Waals surface area contributed by atoms with Crippen LogP contribution in [-0.2, 0) is 8.85 Å². The van der Waals surface area contributed by atoms with Crippen LogP contribution < -0.4 is 0 Å². The Morgan fingerprint density at radius 2 is 1.69 bits per heavy atom. The highest BCUT2D eigenvalue weighted by molar-refractivity contribution is 6.95. The summed E-state index contributed by atoms with van der Waals surface area (Å²) in [5, 5.41) is 9.03. The normalized spacial score (nSPS) is 11.6. The second kappa shape index (κ2) is 6.12. The van der Waals surface area contributed by atoms with Crippen LogP contribution in [0.25, 0.3) is 0 Å². The molecule has 0 rings (SSSR count). The van der Waals surface area contributed by atoms with Gasteiger partial charge in [0.2, 0.25) is 0 Å². The first-order valence-corrected chi connectivity index (χ1v) is 6.66. The molecule has 0 radical (unpaired) electrons. The van der Waals surface area contributed by atoms with E-state index in [2.05, 4.69) is 0 Å². The maximum absolute atomic E-state index is 11.0. The predicted octanol–water partition coefficient (Wildman–Crippen LogP) is 2.17. The largest absolute Gasteiger partial charge is 0.481 e. The highest BCUT2D eigenvalue weighted by atomic mass is 28.4. The van der Waals surface area contributed by atoms with Crippen LogP contribution in [0.4, 0.5) is 4.79 Å². The van der Waals surface area contributed by atoms with E-state index in [0.29, 0.717) is 19.3 Å². The van der Waals surface area contributed by atoms with E-state index in [1.807, 2.05) is 6.92 Å². The van der Waals surface area contributed by atoms with Crippen molar-refractivity contribution >= 4 is 14.2 Å². The monoisotopic (exact) mass is 206 g/mol. The van der Waals surface area contributed by atoms with Gasteiger partial charge in [0.1, 0.15) is 0 Å². The summed E-state index contributed by atoms with van der Waals surface area (Å²) in [6.45, 7) is 6.32. The molecule has 0 fully saturated rings. The van der Waals surface area contributed by atoms with Gasteiger partial charge in [0.25, 0.3) is 0 Å². The summed E-state index contributed by atoms with van der Waals surface area (Å²) in [6.07, 6.45) is 0.776. The van der Waals surface area contributed by atoms with Crippen molar-refractivity contribution in [2.24, 2.45) is 0 Å². The van der Waals surface area contributed by atoms with Gasteiger partial charge < -0.3 is 14.0 Å². The van der Waals surface area contributed by atoms with Gasteiger partial charge in [-0.15, -0.1) is 0 Å². The van der Waals surface area contributed by atoms with E-state index >= 15 is 0 Å². The third-order valence-electron chi connectivity index (χ3n) is 1.66. The molecule has 0 saturated heterocycles. The molecule has 0 bridgehead atoms. The first kappa shape index (κ1) is 12.6. The standard InChI is InChI=1S/C8H18O4Si/c1-4-7-13(8(9)10,11-5-2)12-6-3/h4-7H2,1-3H3,(H,9,10). The molecule has 13 heavy (non-hydrogen) atoms. The van der Waals surface area contributed by atoms with Crippen LogP contribution in [0.15, 0.2) is 0 Å². The summed E-state index contributed by atoms with van der Waals surface area (Å²) < 4.78 is 10.6. The van der Waals surface area contributed by atoms with Crippen LogP contribution in [0, 0.1) is 0 Å². The molecular formula is C8H18O4Si. The second-order valence-corrected chi connectivity index (χ2v) is 5.68. The summed E-state index contributed by atoms with van der Waals surface area (Å²) in [5.41, 5.74) is -0.905. The molecule has 0 aromatic rings. The van der Waals surface area contributed by atoms with Crippen molar-refractivity contribution in [3.05, 3.63) is 0 Å². The van der Waals surface area contributed by atoms with Gasteiger partial charge in [-0.05, 0) is 13.8 Å². The molecule has 0 aliphatic heterocycles. The summed E-state index contributed by atoms with van der Waals surface area (Å²) >= 11 is 0. The molecule has 5 heteroatoms. The highest BCUT2D eigenvalue weighted by Crippen LogP contribution is 2.17. The third-order valence-corrected chi connectivity index (χ3v) is 4.98. The average Bonchev–Trinajstić information content (AvgIpc) is 2.05. The number of carboxylic acid groups (broad SMARTS) is 1. The van der Waals surface area contributed by atoms with Gasteiger partial charge >= 0.3 is 14.2 Å². The lowest BCUT2D eigenvalue weighted by Crippen LogP contribution is -2.50. The quantitative estimate of drug-likeness (QED) is 0.649. The van der Waals surface area contributed by atoms with Crippen LogP contribution in [0.2, 0.25) is 6.04 Å². The molecular weight excluding hydrogens is 188 g/mol. The molecule has 1 N–H and O–H groups in total. The predicted molar refractivity (Wildman–Crippen MR) is 52.1 cm³/mol. The van der Waals surface area contributed by atoms with E-state index in [1.54, 1.807) is 13.8 Å². The highest BCUT2D eigenvalue weighted by Gasteiger charge is 2.46. The van der Waals surface area contributed by atoms with Gasteiger partial charge in [0.15, 0.2) is 0 Å². The fraction of sp³-hybridized carbons (Fsp3) is 0.875. The Morgan fingerprint density at radius 3 is 1.92 bits per heavy atom. The van der Waals surface area contributed by atoms with Gasteiger partial charge in [0, 0.05) is 19.3 Å². The molecule has 0 atom stereocenters. The van der Waals surface area contributed by atoms with Crippen LogP contribution in [0.1, 0.15) is 27.2 Å². The second-order valence-electron chi connectivity index (χ2n) is 2.67. The number of hydrogen-bond acceptors (Lipinski definition) is 3. The van der Waals surface area contributed by atoms with Crippen LogP contribution in [-0.4, -0.2) is 32.5 Å². The minimum atomic E-state index is -2.96. The topological polar surface area (TPSA) is 55.8 Å². The summed E-state index contributed by atoms with van der Waals surface area (Å²) in [5.74, 6) is 0. The van der Waals surface area contributed by atoms with Crippen LogP contribution >= 0.6 is 0 Å². The van der Waals surface area contributed by atoms with E-state index in [1.165, 1.54) is 0 Å². The molecule has 0 unspecified atom stereocenters. The van der Waals surface area contributed by atoms with Crippen molar-refractivity contribution < 1.29 is 18.8 Å². The van der Waals surface area contributed by atoms with E-state index in [-0.39, 0.29) is 0 Å². The Kier molecular flexibility index (Phi) is 5.94. The van der Waals surface area contributed by atoms with Crippen molar-refractivity contribution in [2.75, 3.05) is 13.2 Å². The van der Waals surface area contributed by atoms with E-state index in [0.717, 1.165) is 6.42 Å².